The molecule has 0 aromatic rings. The second kappa shape index (κ2) is 6.72. The maximum atomic E-state index is 12.7. The summed E-state index contributed by atoms with van der Waals surface area (Å²) in [6.07, 6.45) is 10.3. The van der Waals surface area contributed by atoms with Crippen molar-refractivity contribution in [2.24, 2.45) is 45.7 Å². The average molecular weight is 392 g/mol. The van der Waals surface area contributed by atoms with E-state index < -0.39 is 5.97 Å². The molecule has 4 aliphatic carbocycles. The summed E-state index contributed by atoms with van der Waals surface area (Å²) in [6.45, 7) is 8.52. The second-order valence-corrected chi connectivity index (χ2v) is 11.0. The standard InChI is InChI=1S/C23H37NO4/c1-14(25)27-28-20(26)19-9-12-22(3)18-6-5-15-13-16(24)7-10-21(15,2)17(18)8-11-23(19,22)4/h15-19H,5-13,24H2,1-4H3/t15?,16-,17-,18+,19+,21-,22?,23+/m0/s1. The Hall–Kier alpha value is -1.10. The molecule has 8 atom stereocenters. The summed E-state index contributed by atoms with van der Waals surface area (Å²) in [5, 5.41) is 0. The van der Waals surface area contributed by atoms with Gasteiger partial charge in [-0.1, -0.05) is 20.8 Å². The first kappa shape index (κ1) is 20.2. The Morgan fingerprint density at radius 1 is 0.857 bits per heavy atom. The highest BCUT2D eigenvalue weighted by molar-refractivity contribution is 5.75. The maximum Gasteiger partial charge on any atom is 0.359 e. The first-order valence-corrected chi connectivity index (χ1v) is 11.3. The fourth-order valence-electron chi connectivity index (χ4n) is 8.23. The number of fused-ring (bicyclic) bond motifs is 5. The van der Waals surface area contributed by atoms with Gasteiger partial charge in [0, 0.05) is 13.0 Å². The van der Waals surface area contributed by atoms with Crippen molar-refractivity contribution < 1.29 is 19.4 Å². The van der Waals surface area contributed by atoms with Gasteiger partial charge in [-0.3, -0.25) is 0 Å². The number of carbonyl (C=O) groups excluding carboxylic acids is 2. The SMILES string of the molecule is CC(=O)OOC(=O)[C@H]1CCC2(C)[C@@H]3CCC4C[C@@H](N)CC[C@]4(C)[C@H]3CC[C@]12C. The molecule has 0 saturated heterocycles. The summed E-state index contributed by atoms with van der Waals surface area (Å²) < 4.78 is 0. The minimum absolute atomic E-state index is 0.0837. The second-order valence-electron chi connectivity index (χ2n) is 11.0. The van der Waals surface area contributed by atoms with Crippen LogP contribution in [0.15, 0.2) is 0 Å². The largest absolute Gasteiger partial charge is 0.359 e. The molecule has 0 heterocycles. The van der Waals surface area contributed by atoms with E-state index >= 15 is 0 Å². The van der Waals surface area contributed by atoms with Crippen LogP contribution >= 0.6 is 0 Å². The molecule has 0 aromatic carbocycles. The quantitative estimate of drug-likeness (QED) is 0.530. The van der Waals surface area contributed by atoms with Crippen LogP contribution in [0.25, 0.3) is 0 Å². The number of carbonyl (C=O) groups is 2. The molecular weight excluding hydrogens is 354 g/mol. The van der Waals surface area contributed by atoms with Crippen molar-refractivity contribution in [3.63, 3.8) is 0 Å². The molecule has 2 N–H and O–H groups in total. The van der Waals surface area contributed by atoms with Crippen LogP contribution in [0.2, 0.25) is 0 Å². The third-order valence-electron chi connectivity index (χ3n) is 10.1. The molecule has 5 heteroatoms. The van der Waals surface area contributed by atoms with Crippen LogP contribution in [-0.2, 0) is 19.4 Å². The lowest BCUT2D eigenvalue weighted by atomic mass is 9.40. The van der Waals surface area contributed by atoms with Gasteiger partial charge < -0.3 is 5.73 Å². The van der Waals surface area contributed by atoms with Crippen LogP contribution in [0.3, 0.4) is 0 Å². The van der Waals surface area contributed by atoms with E-state index in [1.807, 2.05) is 0 Å². The molecule has 0 aromatic heterocycles. The zero-order valence-corrected chi connectivity index (χ0v) is 18.0. The van der Waals surface area contributed by atoms with Gasteiger partial charge in [-0.2, -0.15) is 0 Å². The summed E-state index contributed by atoms with van der Waals surface area (Å²) in [7, 11) is 0. The lowest BCUT2D eigenvalue weighted by molar-refractivity contribution is -0.264. The smallest absolute Gasteiger partial charge is 0.328 e. The van der Waals surface area contributed by atoms with Crippen LogP contribution in [0, 0.1) is 39.9 Å². The number of nitrogens with two attached hydrogens (primary N) is 1. The Morgan fingerprint density at radius 2 is 1.57 bits per heavy atom. The van der Waals surface area contributed by atoms with Crippen molar-refractivity contribution >= 4 is 11.9 Å². The number of hydrogen-bond acceptors (Lipinski definition) is 5. The summed E-state index contributed by atoms with van der Waals surface area (Å²) in [6, 6.07) is 0.381. The highest BCUT2D eigenvalue weighted by atomic mass is 17.2. The Kier molecular flexibility index (Phi) is 4.84. The van der Waals surface area contributed by atoms with Gasteiger partial charge >= 0.3 is 11.9 Å². The Balaban J connectivity index is 1.58. The fourth-order valence-corrected chi connectivity index (χ4v) is 8.23. The Morgan fingerprint density at radius 3 is 2.29 bits per heavy atom. The van der Waals surface area contributed by atoms with Crippen molar-refractivity contribution in [1.29, 1.82) is 0 Å². The van der Waals surface area contributed by atoms with Crippen LogP contribution in [0.4, 0.5) is 0 Å². The summed E-state index contributed by atoms with van der Waals surface area (Å²) in [4.78, 5) is 33.3. The van der Waals surface area contributed by atoms with E-state index in [0.717, 1.165) is 37.5 Å². The molecule has 158 valence electrons. The molecule has 5 nitrogen and oxygen atoms in total. The zero-order valence-electron chi connectivity index (χ0n) is 18.0. The van der Waals surface area contributed by atoms with E-state index in [0.29, 0.717) is 17.4 Å². The van der Waals surface area contributed by atoms with Gasteiger partial charge in [0.2, 0.25) is 0 Å². The molecule has 0 bridgehead atoms. The van der Waals surface area contributed by atoms with Crippen molar-refractivity contribution in [3.05, 3.63) is 0 Å². The van der Waals surface area contributed by atoms with Crippen LogP contribution < -0.4 is 5.73 Å². The van der Waals surface area contributed by atoms with Gasteiger partial charge in [-0.25, -0.2) is 19.4 Å². The average Bonchev–Trinajstić information content (AvgIpc) is 2.92. The molecule has 4 fully saturated rings. The van der Waals surface area contributed by atoms with E-state index in [4.69, 9.17) is 10.6 Å². The summed E-state index contributed by atoms with van der Waals surface area (Å²) in [5.41, 5.74) is 6.78. The Bertz CT molecular complexity index is 665. The van der Waals surface area contributed by atoms with Crippen molar-refractivity contribution in [2.45, 2.75) is 91.5 Å². The molecule has 4 saturated carbocycles. The lowest BCUT2D eigenvalue weighted by Crippen LogP contribution is -2.58. The van der Waals surface area contributed by atoms with Gasteiger partial charge in [-0.05, 0) is 91.8 Å². The van der Waals surface area contributed by atoms with Gasteiger partial charge in [0.25, 0.3) is 0 Å². The predicted molar refractivity (Wildman–Crippen MR) is 106 cm³/mol. The number of hydrogen-bond donors (Lipinski definition) is 1. The molecule has 2 unspecified atom stereocenters. The normalized spacial score (nSPS) is 50.1. The third kappa shape index (κ3) is 2.75. The van der Waals surface area contributed by atoms with Crippen LogP contribution in [-0.4, -0.2) is 18.0 Å². The molecule has 28 heavy (non-hydrogen) atoms. The van der Waals surface area contributed by atoms with Gasteiger partial charge in [-0.15, -0.1) is 0 Å². The molecule has 0 spiro atoms. The first-order chi connectivity index (χ1) is 13.1. The van der Waals surface area contributed by atoms with E-state index in [1.165, 1.54) is 39.0 Å². The molecule has 0 aliphatic heterocycles. The summed E-state index contributed by atoms with van der Waals surface area (Å²) in [5.74, 6) is 1.04. The number of rotatable bonds is 1. The zero-order chi connectivity index (χ0) is 20.3. The molecule has 0 amide bonds. The minimum atomic E-state index is -0.579. The lowest BCUT2D eigenvalue weighted by Gasteiger charge is -2.64. The monoisotopic (exact) mass is 391 g/mol. The van der Waals surface area contributed by atoms with E-state index in [-0.39, 0.29) is 22.7 Å². The first-order valence-electron chi connectivity index (χ1n) is 11.3. The van der Waals surface area contributed by atoms with Crippen molar-refractivity contribution in [3.8, 4) is 0 Å². The van der Waals surface area contributed by atoms with Gasteiger partial charge in [0.15, 0.2) is 0 Å². The van der Waals surface area contributed by atoms with E-state index in [2.05, 4.69) is 25.7 Å². The van der Waals surface area contributed by atoms with E-state index in [9.17, 15) is 9.59 Å². The maximum absolute atomic E-state index is 12.7. The van der Waals surface area contributed by atoms with E-state index in [1.54, 1.807) is 0 Å². The van der Waals surface area contributed by atoms with Crippen LogP contribution in [0.5, 0.6) is 0 Å². The van der Waals surface area contributed by atoms with Gasteiger partial charge in [0.1, 0.15) is 0 Å². The Labute approximate surface area is 169 Å². The highest BCUT2D eigenvalue weighted by Crippen LogP contribution is 2.72. The fraction of sp³-hybridized carbons (Fsp3) is 0.913. The topological polar surface area (TPSA) is 78.6 Å². The summed E-state index contributed by atoms with van der Waals surface area (Å²) >= 11 is 0. The van der Waals surface area contributed by atoms with Crippen LogP contribution in [0.1, 0.15) is 85.5 Å². The van der Waals surface area contributed by atoms with Gasteiger partial charge in [0.05, 0.1) is 5.92 Å². The molecule has 4 aliphatic rings. The highest BCUT2D eigenvalue weighted by Gasteiger charge is 2.67. The predicted octanol–water partition coefficient (Wildman–Crippen LogP) is 4.38. The van der Waals surface area contributed by atoms with Crippen molar-refractivity contribution in [1.82, 2.24) is 0 Å². The molecule has 0 radical (unpaired) electrons. The minimum Gasteiger partial charge on any atom is -0.328 e. The molecular formula is C23H37NO4. The van der Waals surface area contributed by atoms with Crippen molar-refractivity contribution in [2.75, 3.05) is 0 Å². The molecule has 4 rings (SSSR count). The third-order valence-corrected chi connectivity index (χ3v) is 10.1.